The fourth-order valence-corrected chi connectivity index (χ4v) is 1.63. The second kappa shape index (κ2) is 9.09. The molecular formula is C12H24. The molecule has 0 heteroatoms. The number of unbranched alkanes of at least 4 members (excludes halogenated alkanes) is 2. The maximum Gasteiger partial charge on any atom is -0.0241 e. The van der Waals surface area contributed by atoms with Gasteiger partial charge in [-0.25, -0.2) is 0 Å². The van der Waals surface area contributed by atoms with Crippen LogP contribution in [-0.2, 0) is 0 Å². The van der Waals surface area contributed by atoms with Crippen LogP contribution in [0.15, 0.2) is 0 Å². The first-order valence-electron chi connectivity index (χ1n) is 5.47. The molecule has 0 aromatic carbocycles. The normalized spacial score (nSPS) is 11.0. The van der Waals surface area contributed by atoms with E-state index in [0.29, 0.717) is 0 Å². The summed E-state index contributed by atoms with van der Waals surface area (Å²) in [6.07, 6.45) is 10.5. The maximum absolute atomic E-state index is 3.87. The first-order valence-corrected chi connectivity index (χ1v) is 5.47. The molecule has 0 saturated carbocycles. The van der Waals surface area contributed by atoms with Gasteiger partial charge in [-0.05, 0) is 25.2 Å². The second-order valence-electron chi connectivity index (χ2n) is 3.56. The van der Waals surface area contributed by atoms with Crippen molar-refractivity contribution in [3.63, 3.8) is 0 Å². The Bertz CT molecular complexity index is 70.1. The molecular weight excluding hydrogens is 144 g/mol. The summed E-state index contributed by atoms with van der Waals surface area (Å²) in [4.78, 5) is 0. The summed E-state index contributed by atoms with van der Waals surface area (Å²) in [6, 6.07) is 0. The number of rotatable bonds is 8. The molecule has 12 heavy (non-hydrogen) atoms. The predicted octanol–water partition coefficient (Wildman–Crippen LogP) is 4.56. The van der Waals surface area contributed by atoms with Crippen molar-refractivity contribution < 1.29 is 0 Å². The lowest BCUT2D eigenvalue weighted by atomic mass is 9.92. The molecule has 72 valence electrons. The monoisotopic (exact) mass is 168 g/mol. The summed E-state index contributed by atoms with van der Waals surface area (Å²) in [5.74, 6) is 1.79. The van der Waals surface area contributed by atoms with E-state index in [1.165, 1.54) is 44.9 Å². The Morgan fingerprint density at radius 2 is 1.50 bits per heavy atom. The van der Waals surface area contributed by atoms with Gasteiger partial charge in [-0.3, -0.25) is 0 Å². The summed E-state index contributed by atoms with van der Waals surface area (Å²) in [5, 5.41) is 0. The maximum atomic E-state index is 3.87. The van der Waals surface area contributed by atoms with Crippen molar-refractivity contribution in [3.8, 4) is 0 Å². The van der Waals surface area contributed by atoms with Crippen LogP contribution in [0.2, 0.25) is 0 Å². The van der Waals surface area contributed by atoms with E-state index in [0.717, 1.165) is 6.42 Å². The minimum Gasteiger partial charge on any atom is -0.0654 e. The van der Waals surface area contributed by atoms with E-state index in [4.69, 9.17) is 0 Å². The van der Waals surface area contributed by atoms with Gasteiger partial charge < -0.3 is 0 Å². The molecule has 0 aliphatic rings. The van der Waals surface area contributed by atoms with E-state index in [2.05, 4.69) is 20.8 Å². The van der Waals surface area contributed by atoms with Gasteiger partial charge in [0.25, 0.3) is 0 Å². The molecule has 0 rings (SSSR count). The first-order chi connectivity index (χ1) is 5.85. The second-order valence-corrected chi connectivity index (χ2v) is 3.56. The molecule has 0 spiro atoms. The van der Waals surface area contributed by atoms with Gasteiger partial charge in [0, 0.05) is 0 Å². The van der Waals surface area contributed by atoms with Gasteiger partial charge >= 0.3 is 0 Å². The van der Waals surface area contributed by atoms with Crippen molar-refractivity contribution in [2.75, 3.05) is 0 Å². The summed E-state index contributed by atoms with van der Waals surface area (Å²) >= 11 is 0. The standard InChI is InChI=1S/C12H24/c1-4-7-8-11-12(9-5-2)10-6-3/h1,4-11H2,2-3H3. The average molecular weight is 168 g/mol. The van der Waals surface area contributed by atoms with Crippen molar-refractivity contribution in [2.24, 2.45) is 0 Å². The highest BCUT2D eigenvalue weighted by atomic mass is 14.1. The van der Waals surface area contributed by atoms with Crippen molar-refractivity contribution in [1.82, 2.24) is 0 Å². The minimum absolute atomic E-state index is 1.10. The summed E-state index contributed by atoms with van der Waals surface area (Å²) < 4.78 is 0. The number of hydrogen-bond acceptors (Lipinski definition) is 0. The van der Waals surface area contributed by atoms with E-state index in [9.17, 15) is 0 Å². The van der Waals surface area contributed by atoms with Crippen molar-refractivity contribution in [1.29, 1.82) is 0 Å². The molecule has 0 amide bonds. The average Bonchev–Trinajstić information content (AvgIpc) is 2.06. The molecule has 0 bridgehead atoms. The lowest BCUT2D eigenvalue weighted by Crippen LogP contribution is -1.96. The van der Waals surface area contributed by atoms with Crippen LogP contribution in [0.5, 0.6) is 0 Å². The van der Waals surface area contributed by atoms with E-state index in [1.54, 1.807) is 5.92 Å². The minimum atomic E-state index is 1.10. The van der Waals surface area contributed by atoms with Gasteiger partial charge in [0.05, 0.1) is 0 Å². The van der Waals surface area contributed by atoms with E-state index in [1.807, 2.05) is 0 Å². The Kier molecular flexibility index (Phi) is 9.09. The van der Waals surface area contributed by atoms with Gasteiger partial charge in [-0.15, -0.1) is 0 Å². The molecule has 0 nitrogen and oxygen atoms in total. The molecule has 0 unspecified atom stereocenters. The Labute approximate surface area is 78.8 Å². The van der Waals surface area contributed by atoms with E-state index >= 15 is 0 Å². The topological polar surface area (TPSA) is 0 Å². The fraction of sp³-hybridized carbons (Fsp3) is 0.833. The lowest BCUT2D eigenvalue weighted by molar-refractivity contribution is 0.591. The van der Waals surface area contributed by atoms with E-state index in [-0.39, 0.29) is 0 Å². The van der Waals surface area contributed by atoms with Gasteiger partial charge in [0.15, 0.2) is 0 Å². The molecule has 0 aliphatic carbocycles. The Balaban J connectivity index is 3.34. The molecule has 2 radical (unpaired) electrons. The van der Waals surface area contributed by atoms with Crippen molar-refractivity contribution >= 4 is 0 Å². The van der Waals surface area contributed by atoms with Gasteiger partial charge in [-0.1, -0.05) is 52.9 Å². The van der Waals surface area contributed by atoms with Crippen molar-refractivity contribution in [2.45, 2.75) is 65.2 Å². The third kappa shape index (κ3) is 6.69. The SMILES string of the molecule is [CH2]CCCC[C](CCC)CCC. The molecule has 0 aromatic rings. The largest absolute Gasteiger partial charge is 0.0654 e. The number of hydrogen-bond donors (Lipinski definition) is 0. The Morgan fingerprint density at radius 1 is 0.917 bits per heavy atom. The predicted molar refractivity (Wildman–Crippen MR) is 56.9 cm³/mol. The van der Waals surface area contributed by atoms with Crippen LogP contribution < -0.4 is 0 Å². The van der Waals surface area contributed by atoms with Gasteiger partial charge in [0.1, 0.15) is 0 Å². The summed E-state index contributed by atoms with van der Waals surface area (Å²) in [6.45, 7) is 8.41. The van der Waals surface area contributed by atoms with Crippen LogP contribution in [0.3, 0.4) is 0 Å². The quantitative estimate of drug-likeness (QED) is 0.466. The third-order valence-corrected chi connectivity index (χ3v) is 2.24. The lowest BCUT2D eigenvalue weighted by Gasteiger charge is -2.13. The van der Waals surface area contributed by atoms with Crippen LogP contribution in [0.25, 0.3) is 0 Å². The van der Waals surface area contributed by atoms with Crippen LogP contribution in [0, 0.1) is 12.8 Å². The van der Waals surface area contributed by atoms with Crippen LogP contribution in [0.4, 0.5) is 0 Å². The van der Waals surface area contributed by atoms with Crippen LogP contribution in [0.1, 0.15) is 65.2 Å². The molecule has 0 aromatic heterocycles. The zero-order valence-electron chi connectivity index (χ0n) is 8.86. The van der Waals surface area contributed by atoms with Gasteiger partial charge in [-0.2, -0.15) is 0 Å². The fourth-order valence-electron chi connectivity index (χ4n) is 1.63. The highest BCUT2D eigenvalue weighted by Crippen LogP contribution is 2.22. The van der Waals surface area contributed by atoms with Crippen LogP contribution in [-0.4, -0.2) is 0 Å². The zero-order chi connectivity index (χ0) is 9.23. The molecule has 0 aliphatic heterocycles. The van der Waals surface area contributed by atoms with Crippen molar-refractivity contribution in [3.05, 3.63) is 12.8 Å². The molecule has 0 atom stereocenters. The smallest absolute Gasteiger partial charge is 0.0241 e. The highest BCUT2D eigenvalue weighted by molar-refractivity contribution is 4.88. The Hall–Kier alpha value is 0. The Morgan fingerprint density at radius 3 is 1.92 bits per heavy atom. The molecule has 0 fully saturated rings. The zero-order valence-corrected chi connectivity index (χ0v) is 8.86. The third-order valence-electron chi connectivity index (χ3n) is 2.24. The first kappa shape index (κ1) is 12.0. The summed E-state index contributed by atoms with van der Waals surface area (Å²) in [7, 11) is 0. The van der Waals surface area contributed by atoms with Gasteiger partial charge in [0.2, 0.25) is 0 Å². The van der Waals surface area contributed by atoms with E-state index < -0.39 is 0 Å². The molecule has 0 N–H and O–H groups in total. The van der Waals surface area contributed by atoms with Crippen LogP contribution >= 0.6 is 0 Å². The molecule has 0 saturated heterocycles. The molecule has 0 heterocycles. The summed E-state index contributed by atoms with van der Waals surface area (Å²) in [5.41, 5.74) is 0. The highest BCUT2D eigenvalue weighted by Gasteiger charge is 2.05.